The topological polar surface area (TPSA) is 37.4 Å². The molecule has 1 aliphatic carbocycles. The lowest BCUT2D eigenvalue weighted by Gasteiger charge is -2.29. The van der Waals surface area contributed by atoms with Gasteiger partial charge < -0.3 is 4.90 Å². The Morgan fingerprint density at radius 1 is 1.36 bits per heavy atom. The van der Waals surface area contributed by atoms with E-state index in [2.05, 4.69) is 4.90 Å². The molecule has 1 unspecified atom stereocenters. The maximum atomic E-state index is 11.5. The molecule has 1 saturated carbocycles. The van der Waals surface area contributed by atoms with Crippen LogP contribution in [0.5, 0.6) is 0 Å². The summed E-state index contributed by atoms with van der Waals surface area (Å²) in [5.74, 6) is 0.378. The van der Waals surface area contributed by atoms with Crippen molar-refractivity contribution in [3.05, 3.63) is 0 Å². The number of Topliss-reactive ketones (excluding diaryl/α,β-unsaturated/α-hetero) is 1. The summed E-state index contributed by atoms with van der Waals surface area (Å²) in [7, 11) is -0.702. The van der Waals surface area contributed by atoms with Crippen molar-refractivity contribution in [1.82, 2.24) is 4.90 Å². The van der Waals surface area contributed by atoms with Crippen molar-refractivity contribution in [2.24, 2.45) is 0 Å². The zero-order valence-electron chi connectivity index (χ0n) is 8.62. The Labute approximate surface area is 87.3 Å². The smallest absolute Gasteiger partial charge is 0.135 e. The van der Waals surface area contributed by atoms with Crippen LogP contribution in [0.4, 0.5) is 0 Å². The van der Waals surface area contributed by atoms with Gasteiger partial charge in [-0.25, -0.2) is 0 Å². The predicted molar refractivity (Wildman–Crippen MR) is 56.7 cm³/mol. The summed E-state index contributed by atoms with van der Waals surface area (Å²) in [5, 5.41) is 0. The van der Waals surface area contributed by atoms with Crippen molar-refractivity contribution < 1.29 is 9.00 Å². The average molecular weight is 215 g/mol. The van der Waals surface area contributed by atoms with Crippen molar-refractivity contribution in [1.29, 1.82) is 0 Å². The van der Waals surface area contributed by atoms with E-state index in [1.54, 1.807) is 0 Å². The summed E-state index contributed by atoms with van der Waals surface area (Å²) < 4.78 is 11.6. The molecular formula is C10H17NO2S. The summed E-state index contributed by atoms with van der Waals surface area (Å²) in [4.78, 5) is 13.3. The van der Waals surface area contributed by atoms with E-state index in [1.807, 2.05) is 6.26 Å². The molecule has 0 aromatic heterocycles. The number of rotatable bonds is 3. The first-order valence-electron chi connectivity index (χ1n) is 5.20. The largest absolute Gasteiger partial charge is 0.301 e. The molecule has 2 rings (SSSR count). The minimum atomic E-state index is -0.702. The molecule has 3 nitrogen and oxygen atoms in total. The van der Waals surface area contributed by atoms with Crippen LogP contribution in [0.15, 0.2) is 0 Å². The van der Waals surface area contributed by atoms with Gasteiger partial charge in [0.25, 0.3) is 0 Å². The van der Waals surface area contributed by atoms with Crippen LogP contribution in [-0.4, -0.2) is 45.5 Å². The van der Waals surface area contributed by atoms with Gasteiger partial charge in [-0.3, -0.25) is 9.00 Å². The number of nitrogens with zero attached hydrogens (tertiary/aromatic N) is 1. The Balaban J connectivity index is 1.86. The fourth-order valence-corrected chi connectivity index (χ4v) is 3.09. The van der Waals surface area contributed by atoms with Crippen molar-refractivity contribution in [3.63, 3.8) is 0 Å². The quantitative estimate of drug-likeness (QED) is 0.690. The molecule has 2 aliphatic rings. The number of carbonyl (C=O) groups is 1. The van der Waals surface area contributed by atoms with E-state index in [0.29, 0.717) is 18.6 Å². The Bertz CT molecular complexity index is 263. The van der Waals surface area contributed by atoms with E-state index in [0.717, 1.165) is 32.5 Å². The number of hydrogen-bond acceptors (Lipinski definition) is 3. The summed E-state index contributed by atoms with van der Waals surface area (Å²) >= 11 is 0. The highest BCUT2D eigenvalue weighted by atomic mass is 32.2. The van der Waals surface area contributed by atoms with Crippen LogP contribution in [0, 0.1) is 0 Å². The number of carbonyl (C=O) groups excluding carboxylic acids is 1. The van der Waals surface area contributed by atoms with Crippen molar-refractivity contribution >= 4 is 16.6 Å². The highest BCUT2D eigenvalue weighted by molar-refractivity contribution is 7.86. The van der Waals surface area contributed by atoms with Gasteiger partial charge in [-0.15, -0.1) is 0 Å². The van der Waals surface area contributed by atoms with E-state index in [4.69, 9.17) is 0 Å². The van der Waals surface area contributed by atoms with E-state index in [1.165, 1.54) is 0 Å². The Hall–Kier alpha value is -0.220. The third-order valence-electron chi connectivity index (χ3n) is 3.34. The number of ketones is 1. The van der Waals surface area contributed by atoms with Crippen LogP contribution in [-0.2, 0) is 15.6 Å². The van der Waals surface area contributed by atoms with E-state index in [-0.39, 0.29) is 4.75 Å². The average Bonchev–Trinajstić information content (AvgIpc) is 2.90. The van der Waals surface area contributed by atoms with Crippen LogP contribution in [0.1, 0.15) is 25.7 Å². The van der Waals surface area contributed by atoms with Crippen LogP contribution in [0.3, 0.4) is 0 Å². The zero-order chi connectivity index (χ0) is 10.2. The fraction of sp³-hybridized carbons (Fsp3) is 0.900. The normalized spacial score (nSPS) is 28.8. The maximum Gasteiger partial charge on any atom is 0.135 e. The summed E-state index contributed by atoms with van der Waals surface area (Å²) in [5.41, 5.74) is 0. The molecule has 14 heavy (non-hydrogen) atoms. The van der Waals surface area contributed by atoms with Crippen LogP contribution >= 0.6 is 0 Å². The lowest BCUT2D eigenvalue weighted by Crippen LogP contribution is -2.41. The molecule has 0 radical (unpaired) electrons. The molecule has 0 bridgehead atoms. The molecule has 80 valence electrons. The molecule has 1 aliphatic heterocycles. The molecule has 1 heterocycles. The second-order valence-electron chi connectivity index (χ2n) is 4.45. The standard InChI is InChI=1S/C10H17NO2S/c1-14(13)10(4-5-10)8-11-6-2-9(12)3-7-11/h2-8H2,1H3. The van der Waals surface area contributed by atoms with Gasteiger partial charge in [0.15, 0.2) is 0 Å². The predicted octanol–water partition coefficient (Wildman–Crippen LogP) is 0.562. The first kappa shape index (κ1) is 10.3. The maximum absolute atomic E-state index is 11.5. The fourth-order valence-electron chi connectivity index (χ4n) is 2.04. The van der Waals surface area contributed by atoms with Gasteiger partial charge in [-0.2, -0.15) is 0 Å². The molecule has 0 aromatic rings. The molecule has 0 amide bonds. The van der Waals surface area contributed by atoms with E-state index >= 15 is 0 Å². The Morgan fingerprint density at radius 2 is 1.93 bits per heavy atom. The minimum absolute atomic E-state index is 0.0837. The van der Waals surface area contributed by atoms with Crippen molar-refractivity contribution in [2.75, 3.05) is 25.9 Å². The molecular weight excluding hydrogens is 198 g/mol. The lowest BCUT2D eigenvalue weighted by molar-refractivity contribution is -0.121. The third-order valence-corrected chi connectivity index (χ3v) is 5.10. The molecule has 4 heteroatoms. The number of hydrogen-bond donors (Lipinski definition) is 0. The minimum Gasteiger partial charge on any atom is -0.301 e. The van der Waals surface area contributed by atoms with Gasteiger partial charge in [0.1, 0.15) is 5.78 Å². The SMILES string of the molecule is CS(=O)C1(CN2CCC(=O)CC2)CC1. The monoisotopic (exact) mass is 215 g/mol. The van der Waals surface area contributed by atoms with Crippen molar-refractivity contribution in [2.45, 2.75) is 30.4 Å². The van der Waals surface area contributed by atoms with Gasteiger partial charge in [0.05, 0.1) is 4.75 Å². The molecule has 0 spiro atoms. The summed E-state index contributed by atoms with van der Waals surface area (Å²) in [6.07, 6.45) is 5.38. The second kappa shape index (κ2) is 3.74. The number of likely N-dealkylation sites (tertiary alicyclic amines) is 1. The summed E-state index contributed by atoms with van der Waals surface area (Å²) in [6.45, 7) is 2.68. The Morgan fingerprint density at radius 3 is 2.36 bits per heavy atom. The van der Waals surface area contributed by atoms with Gasteiger partial charge in [-0.1, -0.05) is 0 Å². The molecule has 0 aromatic carbocycles. The molecule has 1 atom stereocenters. The van der Waals surface area contributed by atoms with Crippen LogP contribution in [0.2, 0.25) is 0 Å². The molecule has 2 fully saturated rings. The van der Waals surface area contributed by atoms with Crippen LogP contribution < -0.4 is 0 Å². The molecule has 1 saturated heterocycles. The highest BCUT2D eigenvalue weighted by Gasteiger charge is 2.47. The highest BCUT2D eigenvalue weighted by Crippen LogP contribution is 2.41. The molecule has 0 N–H and O–H groups in total. The van der Waals surface area contributed by atoms with Gasteiger partial charge in [0.2, 0.25) is 0 Å². The van der Waals surface area contributed by atoms with Gasteiger partial charge in [0, 0.05) is 49.5 Å². The Kier molecular flexibility index (Phi) is 2.75. The third kappa shape index (κ3) is 2.06. The van der Waals surface area contributed by atoms with E-state index in [9.17, 15) is 9.00 Å². The zero-order valence-corrected chi connectivity index (χ0v) is 9.44. The van der Waals surface area contributed by atoms with E-state index < -0.39 is 10.8 Å². The van der Waals surface area contributed by atoms with Gasteiger partial charge >= 0.3 is 0 Å². The lowest BCUT2D eigenvalue weighted by atomic mass is 10.1. The second-order valence-corrected chi connectivity index (χ2v) is 6.23. The van der Waals surface area contributed by atoms with Gasteiger partial charge in [-0.05, 0) is 12.8 Å². The summed E-state index contributed by atoms with van der Waals surface area (Å²) in [6, 6.07) is 0. The van der Waals surface area contributed by atoms with Crippen molar-refractivity contribution in [3.8, 4) is 0 Å². The van der Waals surface area contributed by atoms with Crippen LogP contribution in [0.25, 0.3) is 0 Å². The first-order valence-corrected chi connectivity index (χ1v) is 6.76. The number of piperidine rings is 1. The first-order chi connectivity index (χ1) is 6.62.